The summed E-state index contributed by atoms with van der Waals surface area (Å²) in [5, 5.41) is 3.87. The van der Waals surface area contributed by atoms with Gasteiger partial charge in [-0.2, -0.15) is 0 Å². The van der Waals surface area contributed by atoms with E-state index >= 15 is 0 Å². The molecule has 0 saturated carbocycles. The van der Waals surface area contributed by atoms with E-state index in [9.17, 15) is 9.59 Å². The highest BCUT2D eigenvalue weighted by Crippen LogP contribution is 2.33. The van der Waals surface area contributed by atoms with Crippen molar-refractivity contribution in [3.8, 4) is 0 Å². The van der Waals surface area contributed by atoms with Crippen LogP contribution < -0.4 is 0 Å². The summed E-state index contributed by atoms with van der Waals surface area (Å²) < 4.78 is 0. The molecule has 6 heteroatoms. The average molecular weight is 346 g/mol. The Kier molecular flexibility index (Phi) is 3.95. The van der Waals surface area contributed by atoms with Crippen molar-refractivity contribution < 1.29 is 9.59 Å². The lowest BCUT2D eigenvalue weighted by molar-refractivity contribution is 0.0569. The molecule has 2 aromatic heterocycles. The molecule has 2 aromatic rings. The second-order valence-corrected chi connectivity index (χ2v) is 8.03. The largest absolute Gasteiger partial charge is 0.336 e. The number of hydrogen-bond donors (Lipinski definition) is 0. The van der Waals surface area contributed by atoms with Crippen LogP contribution in [0.4, 0.5) is 0 Å². The third kappa shape index (κ3) is 2.70. The quantitative estimate of drug-likeness (QED) is 0.838. The van der Waals surface area contributed by atoms with E-state index in [0.717, 1.165) is 35.7 Å². The van der Waals surface area contributed by atoms with Gasteiger partial charge in [-0.25, -0.2) is 0 Å². The monoisotopic (exact) mass is 346 g/mol. The molecule has 0 spiro atoms. The molecule has 2 fully saturated rings. The first-order chi connectivity index (χ1) is 11.2. The highest BCUT2D eigenvalue weighted by atomic mass is 32.1. The number of rotatable bonds is 2. The highest BCUT2D eigenvalue weighted by molar-refractivity contribution is 7.12. The van der Waals surface area contributed by atoms with Crippen molar-refractivity contribution in [1.29, 1.82) is 0 Å². The van der Waals surface area contributed by atoms with Crippen LogP contribution in [-0.2, 0) is 0 Å². The van der Waals surface area contributed by atoms with Gasteiger partial charge in [-0.15, -0.1) is 22.7 Å². The molecule has 0 aliphatic carbocycles. The second kappa shape index (κ2) is 6.09. The minimum Gasteiger partial charge on any atom is -0.336 e. The zero-order chi connectivity index (χ0) is 15.8. The topological polar surface area (TPSA) is 40.6 Å². The number of nitrogens with zero attached hydrogens (tertiary/aromatic N) is 2. The van der Waals surface area contributed by atoms with Gasteiger partial charge in [0.2, 0.25) is 0 Å². The first-order valence-electron chi connectivity index (χ1n) is 7.91. The van der Waals surface area contributed by atoms with E-state index in [1.54, 1.807) is 0 Å². The molecule has 23 heavy (non-hydrogen) atoms. The highest BCUT2D eigenvalue weighted by Gasteiger charge is 2.43. The predicted octanol–water partition coefficient (Wildman–Crippen LogP) is 3.19. The molecule has 4 rings (SSSR count). The molecule has 4 nitrogen and oxygen atoms in total. The molecule has 4 heterocycles. The SMILES string of the molecule is O=C(c1cccs1)N1C[C@@H]2CCCN(C(=O)c3cccs3)[C@@H]2C1. The van der Waals surface area contributed by atoms with Gasteiger partial charge in [-0.1, -0.05) is 12.1 Å². The Bertz CT molecular complexity index is 696. The summed E-state index contributed by atoms with van der Waals surface area (Å²) in [5.74, 6) is 0.648. The van der Waals surface area contributed by atoms with E-state index in [-0.39, 0.29) is 17.9 Å². The van der Waals surface area contributed by atoms with Crippen LogP contribution in [0.25, 0.3) is 0 Å². The lowest BCUT2D eigenvalue weighted by atomic mass is 9.92. The second-order valence-electron chi connectivity index (χ2n) is 6.13. The molecule has 0 unspecified atom stereocenters. The first kappa shape index (κ1) is 14.9. The van der Waals surface area contributed by atoms with Crippen molar-refractivity contribution in [2.75, 3.05) is 19.6 Å². The Balaban J connectivity index is 1.52. The summed E-state index contributed by atoms with van der Waals surface area (Å²) in [4.78, 5) is 30.9. The normalized spacial score (nSPS) is 23.8. The van der Waals surface area contributed by atoms with Crippen LogP contribution in [0.2, 0.25) is 0 Å². The molecule has 0 N–H and O–H groups in total. The maximum Gasteiger partial charge on any atom is 0.264 e. The van der Waals surface area contributed by atoms with E-state index in [4.69, 9.17) is 0 Å². The maximum absolute atomic E-state index is 12.7. The molecule has 120 valence electrons. The van der Waals surface area contributed by atoms with Gasteiger partial charge >= 0.3 is 0 Å². The lowest BCUT2D eigenvalue weighted by Gasteiger charge is -2.36. The minimum absolute atomic E-state index is 0.109. The van der Waals surface area contributed by atoms with Crippen LogP contribution in [0.3, 0.4) is 0 Å². The van der Waals surface area contributed by atoms with Crippen molar-refractivity contribution in [2.24, 2.45) is 5.92 Å². The number of thiophene rings is 2. The number of piperidine rings is 1. The molecule has 2 atom stereocenters. The molecular formula is C17H18N2O2S2. The van der Waals surface area contributed by atoms with Crippen molar-refractivity contribution in [3.05, 3.63) is 44.8 Å². The van der Waals surface area contributed by atoms with Gasteiger partial charge in [0, 0.05) is 19.6 Å². The number of likely N-dealkylation sites (tertiary alicyclic amines) is 2. The lowest BCUT2D eigenvalue weighted by Crippen LogP contribution is -2.48. The Hall–Kier alpha value is -1.66. The molecule has 2 aliphatic heterocycles. The van der Waals surface area contributed by atoms with Crippen LogP contribution in [-0.4, -0.2) is 47.3 Å². The van der Waals surface area contributed by atoms with E-state index < -0.39 is 0 Å². The van der Waals surface area contributed by atoms with Gasteiger partial charge in [0.25, 0.3) is 11.8 Å². The molecule has 2 aliphatic rings. The number of carbonyl (C=O) groups is 2. The zero-order valence-electron chi connectivity index (χ0n) is 12.7. The number of hydrogen-bond acceptors (Lipinski definition) is 4. The van der Waals surface area contributed by atoms with Crippen molar-refractivity contribution in [3.63, 3.8) is 0 Å². The Morgan fingerprint density at radius 2 is 1.70 bits per heavy atom. The predicted molar refractivity (Wildman–Crippen MR) is 92.1 cm³/mol. The Labute approximate surface area is 143 Å². The maximum atomic E-state index is 12.7. The standard InChI is InChI=1S/C17H18N2O2S2/c20-16(14-5-2-8-22-14)18-10-12-4-1-7-19(13(12)11-18)17(21)15-6-3-9-23-15/h2-3,5-6,8-9,12-13H,1,4,7,10-11H2/t12-,13+/m0/s1. The summed E-state index contributed by atoms with van der Waals surface area (Å²) in [6.07, 6.45) is 2.13. The van der Waals surface area contributed by atoms with Crippen LogP contribution in [0.5, 0.6) is 0 Å². The first-order valence-corrected chi connectivity index (χ1v) is 9.67. The van der Waals surface area contributed by atoms with Crippen molar-refractivity contribution in [1.82, 2.24) is 9.80 Å². The van der Waals surface area contributed by atoms with Gasteiger partial charge in [0.15, 0.2) is 0 Å². The van der Waals surface area contributed by atoms with Crippen molar-refractivity contribution >= 4 is 34.5 Å². The van der Waals surface area contributed by atoms with Gasteiger partial charge in [-0.3, -0.25) is 9.59 Å². The van der Waals surface area contributed by atoms with E-state index in [1.165, 1.54) is 22.7 Å². The summed E-state index contributed by atoms with van der Waals surface area (Å²) in [6.45, 7) is 2.24. The summed E-state index contributed by atoms with van der Waals surface area (Å²) in [7, 11) is 0. The molecule has 0 aromatic carbocycles. The Morgan fingerprint density at radius 1 is 1.00 bits per heavy atom. The number of fused-ring (bicyclic) bond motifs is 1. The third-order valence-electron chi connectivity index (χ3n) is 4.79. The molecule has 2 saturated heterocycles. The number of amides is 2. The van der Waals surface area contributed by atoms with E-state index in [2.05, 4.69) is 0 Å². The van der Waals surface area contributed by atoms with Gasteiger partial charge < -0.3 is 9.80 Å². The fourth-order valence-corrected chi connectivity index (χ4v) is 5.07. The van der Waals surface area contributed by atoms with Crippen molar-refractivity contribution in [2.45, 2.75) is 18.9 Å². The molecule has 2 amide bonds. The van der Waals surface area contributed by atoms with Gasteiger partial charge in [-0.05, 0) is 41.7 Å². The summed E-state index contributed by atoms with van der Waals surface area (Å²) in [6, 6.07) is 7.76. The fraction of sp³-hybridized carbons (Fsp3) is 0.412. The average Bonchev–Trinajstić information content (AvgIpc) is 3.33. The minimum atomic E-state index is 0.109. The smallest absolute Gasteiger partial charge is 0.264 e. The van der Waals surface area contributed by atoms with Crippen LogP contribution in [0.1, 0.15) is 32.2 Å². The van der Waals surface area contributed by atoms with Crippen LogP contribution in [0, 0.1) is 5.92 Å². The van der Waals surface area contributed by atoms with E-state index in [1.807, 2.05) is 44.8 Å². The molecular weight excluding hydrogens is 328 g/mol. The van der Waals surface area contributed by atoms with Gasteiger partial charge in [0.1, 0.15) is 0 Å². The van der Waals surface area contributed by atoms with Gasteiger partial charge in [0.05, 0.1) is 15.8 Å². The summed E-state index contributed by atoms with van der Waals surface area (Å²) >= 11 is 2.98. The summed E-state index contributed by atoms with van der Waals surface area (Å²) in [5.41, 5.74) is 0. The number of carbonyl (C=O) groups excluding carboxylic acids is 2. The fourth-order valence-electron chi connectivity index (χ4n) is 3.70. The van der Waals surface area contributed by atoms with E-state index in [0.29, 0.717) is 12.5 Å². The third-order valence-corrected chi connectivity index (χ3v) is 6.51. The molecule has 0 bridgehead atoms. The Morgan fingerprint density at radius 3 is 2.35 bits per heavy atom. The molecule has 0 radical (unpaired) electrons. The van der Waals surface area contributed by atoms with Crippen LogP contribution >= 0.6 is 22.7 Å². The van der Waals surface area contributed by atoms with Crippen LogP contribution in [0.15, 0.2) is 35.0 Å². The zero-order valence-corrected chi connectivity index (χ0v) is 14.3.